The van der Waals surface area contributed by atoms with Gasteiger partial charge in [-0.05, 0) is 12.1 Å². The molecule has 2 aromatic rings. The van der Waals surface area contributed by atoms with Crippen molar-refractivity contribution in [3.8, 4) is 0 Å². The van der Waals surface area contributed by atoms with E-state index in [0.717, 1.165) is 0 Å². The molecule has 2 N–H and O–H groups in total. The molecular formula is C10H8Cl2F3N3. The van der Waals surface area contributed by atoms with E-state index in [-0.39, 0.29) is 6.54 Å². The standard InChI is InChI=1S/C10H8Cl2F3N3/c11-5-1-7-8(2-6(5)12)18-9(17-7)3-16-4-10(13,14)15/h1-2,16H,3-4H2,(H,17,18). The lowest BCUT2D eigenvalue weighted by Gasteiger charge is -2.05. The molecule has 98 valence electrons. The van der Waals surface area contributed by atoms with Gasteiger partial charge < -0.3 is 10.3 Å². The number of rotatable bonds is 3. The Morgan fingerprint density at radius 1 is 1.22 bits per heavy atom. The van der Waals surface area contributed by atoms with Gasteiger partial charge in [0.15, 0.2) is 0 Å². The van der Waals surface area contributed by atoms with E-state index in [1.807, 2.05) is 0 Å². The minimum Gasteiger partial charge on any atom is -0.341 e. The summed E-state index contributed by atoms with van der Waals surface area (Å²) in [7, 11) is 0. The van der Waals surface area contributed by atoms with Crippen LogP contribution in [0.3, 0.4) is 0 Å². The second kappa shape index (κ2) is 4.95. The summed E-state index contributed by atoms with van der Waals surface area (Å²) in [5.41, 5.74) is 1.20. The summed E-state index contributed by atoms with van der Waals surface area (Å²) in [4.78, 5) is 6.97. The third-order valence-corrected chi connectivity index (χ3v) is 2.91. The van der Waals surface area contributed by atoms with Crippen LogP contribution in [0.25, 0.3) is 11.0 Å². The van der Waals surface area contributed by atoms with Crippen LogP contribution in [-0.4, -0.2) is 22.7 Å². The fourth-order valence-corrected chi connectivity index (χ4v) is 1.79. The Labute approximate surface area is 110 Å². The van der Waals surface area contributed by atoms with Crippen molar-refractivity contribution in [3.05, 3.63) is 28.0 Å². The van der Waals surface area contributed by atoms with Crippen molar-refractivity contribution in [1.29, 1.82) is 0 Å². The molecule has 0 fully saturated rings. The second-order valence-electron chi connectivity index (χ2n) is 3.69. The van der Waals surface area contributed by atoms with E-state index in [9.17, 15) is 13.2 Å². The SMILES string of the molecule is FC(F)(F)CNCc1nc2cc(Cl)c(Cl)cc2[nH]1. The van der Waals surface area contributed by atoms with Crippen molar-refractivity contribution < 1.29 is 13.2 Å². The molecule has 2 rings (SSSR count). The quantitative estimate of drug-likeness (QED) is 0.910. The summed E-state index contributed by atoms with van der Waals surface area (Å²) in [5, 5.41) is 2.96. The Hall–Kier alpha value is -0.980. The van der Waals surface area contributed by atoms with Crippen molar-refractivity contribution >= 4 is 34.2 Å². The van der Waals surface area contributed by atoms with Crippen molar-refractivity contribution in [2.45, 2.75) is 12.7 Å². The van der Waals surface area contributed by atoms with Gasteiger partial charge in [0.1, 0.15) is 5.82 Å². The average molecular weight is 298 g/mol. The van der Waals surface area contributed by atoms with Crippen molar-refractivity contribution in [2.75, 3.05) is 6.54 Å². The Bertz CT molecular complexity index is 526. The minimum absolute atomic E-state index is 0.0105. The highest BCUT2D eigenvalue weighted by Gasteiger charge is 2.26. The van der Waals surface area contributed by atoms with Gasteiger partial charge in [0.2, 0.25) is 0 Å². The molecule has 0 aliphatic carbocycles. The van der Waals surface area contributed by atoms with Gasteiger partial charge in [0.05, 0.1) is 34.2 Å². The first-order valence-electron chi connectivity index (χ1n) is 4.96. The molecule has 3 nitrogen and oxygen atoms in total. The third-order valence-electron chi connectivity index (χ3n) is 2.19. The van der Waals surface area contributed by atoms with Gasteiger partial charge in [0, 0.05) is 0 Å². The van der Waals surface area contributed by atoms with Crippen molar-refractivity contribution in [1.82, 2.24) is 15.3 Å². The molecule has 0 saturated carbocycles. The maximum atomic E-state index is 11.9. The third kappa shape index (κ3) is 3.28. The van der Waals surface area contributed by atoms with Crippen LogP contribution in [0, 0.1) is 0 Å². The van der Waals surface area contributed by atoms with E-state index >= 15 is 0 Å². The molecule has 0 spiro atoms. The summed E-state index contributed by atoms with van der Waals surface area (Å²) >= 11 is 11.6. The number of hydrogen-bond donors (Lipinski definition) is 2. The predicted octanol–water partition coefficient (Wildman–Crippen LogP) is 3.52. The monoisotopic (exact) mass is 297 g/mol. The van der Waals surface area contributed by atoms with Crippen LogP contribution in [0.15, 0.2) is 12.1 Å². The normalized spacial score (nSPS) is 12.3. The lowest BCUT2D eigenvalue weighted by molar-refractivity contribution is -0.125. The van der Waals surface area contributed by atoms with Crippen LogP contribution in [0.1, 0.15) is 5.82 Å². The number of aromatic nitrogens is 2. The number of nitrogens with zero attached hydrogens (tertiary/aromatic N) is 1. The first-order chi connectivity index (χ1) is 8.35. The molecule has 0 aliphatic heterocycles. The number of hydrogen-bond acceptors (Lipinski definition) is 2. The Kier molecular flexibility index (Phi) is 3.70. The summed E-state index contributed by atoms with van der Waals surface area (Å²) in [5.74, 6) is 0.396. The van der Waals surface area contributed by atoms with Crippen molar-refractivity contribution in [2.24, 2.45) is 0 Å². The highest BCUT2D eigenvalue weighted by Crippen LogP contribution is 2.26. The van der Waals surface area contributed by atoms with Gasteiger partial charge in [-0.3, -0.25) is 0 Å². The number of H-pyrrole nitrogens is 1. The molecule has 0 saturated heterocycles. The molecule has 18 heavy (non-hydrogen) atoms. The maximum Gasteiger partial charge on any atom is 0.401 e. The van der Waals surface area contributed by atoms with E-state index in [4.69, 9.17) is 23.2 Å². The number of halogens is 5. The molecule has 0 bridgehead atoms. The van der Waals surface area contributed by atoms with Crippen LogP contribution in [-0.2, 0) is 6.54 Å². The summed E-state index contributed by atoms with van der Waals surface area (Å²) in [6.07, 6.45) is -4.24. The van der Waals surface area contributed by atoms with Gasteiger partial charge >= 0.3 is 6.18 Å². The van der Waals surface area contributed by atoms with Gasteiger partial charge in [-0.15, -0.1) is 0 Å². The maximum absolute atomic E-state index is 11.9. The van der Waals surface area contributed by atoms with Crippen LogP contribution in [0.5, 0.6) is 0 Å². The zero-order chi connectivity index (χ0) is 13.3. The molecule has 0 atom stereocenters. The average Bonchev–Trinajstić information content (AvgIpc) is 2.58. The highest BCUT2D eigenvalue weighted by molar-refractivity contribution is 6.42. The molecule has 8 heteroatoms. The van der Waals surface area contributed by atoms with Gasteiger partial charge in [-0.2, -0.15) is 13.2 Å². The predicted molar refractivity (Wildman–Crippen MR) is 63.9 cm³/mol. The smallest absolute Gasteiger partial charge is 0.341 e. The summed E-state index contributed by atoms with van der Waals surface area (Å²) < 4.78 is 35.8. The molecule has 1 aromatic carbocycles. The van der Waals surface area contributed by atoms with Crippen LogP contribution in [0.4, 0.5) is 13.2 Å². The topological polar surface area (TPSA) is 40.7 Å². The largest absolute Gasteiger partial charge is 0.401 e. The zero-order valence-corrected chi connectivity index (χ0v) is 10.4. The molecular weight excluding hydrogens is 290 g/mol. The second-order valence-corrected chi connectivity index (χ2v) is 4.50. The molecule has 1 aromatic heterocycles. The van der Waals surface area contributed by atoms with E-state index in [1.165, 1.54) is 0 Å². The number of benzene rings is 1. The lowest BCUT2D eigenvalue weighted by atomic mass is 10.3. The minimum atomic E-state index is -4.24. The van der Waals surface area contributed by atoms with E-state index in [0.29, 0.717) is 26.9 Å². The summed E-state index contributed by atoms with van der Waals surface area (Å²) in [6.45, 7) is -1.07. The summed E-state index contributed by atoms with van der Waals surface area (Å²) in [6, 6.07) is 3.14. The molecule has 0 unspecified atom stereocenters. The van der Waals surface area contributed by atoms with Crippen LogP contribution < -0.4 is 5.32 Å². The van der Waals surface area contributed by atoms with Crippen molar-refractivity contribution in [3.63, 3.8) is 0 Å². The highest BCUT2D eigenvalue weighted by atomic mass is 35.5. The molecule has 0 aliphatic rings. The number of aromatic amines is 1. The number of fused-ring (bicyclic) bond motifs is 1. The Morgan fingerprint density at radius 2 is 1.89 bits per heavy atom. The first-order valence-corrected chi connectivity index (χ1v) is 5.72. The number of nitrogens with one attached hydrogen (secondary N) is 2. The molecule has 1 heterocycles. The number of alkyl halides is 3. The zero-order valence-electron chi connectivity index (χ0n) is 8.91. The van der Waals surface area contributed by atoms with Gasteiger partial charge in [-0.1, -0.05) is 23.2 Å². The van der Waals surface area contributed by atoms with E-state index in [1.54, 1.807) is 12.1 Å². The van der Waals surface area contributed by atoms with E-state index < -0.39 is 12.7 Å². The molecule has 0 amide bonds. The Balaban J connectivity index is 2.11. The fraction of sp³-hybridized carbons (Fsp3) is 0.300. The molecule has 0 radical (unpaired) electrons. The van der Waals surface area contributed by atoms with E-state index in [2.05, 4.69) is 15.3 Å². The fourth-order valence-electron chi connectivity index (χ4n) is 1.46. The van der Waals surface area contributed by atoms with Crippen LogP contribution >= 0.6 is 23.2 Å². The Morgan fingerprint density at radius 3 is 2.56 bits per heavy atom. The lowest BCUT2D eigenvalue weighted by Crippen LogP contribution is -2.28. The number of imidazole rings is 1. The van der Waals surface area contributed by atoms with Gasteiger partial charge in [0.25, 0.3) is 0 Å². The van der Waals surface area contributed by atoms with Crippen LogP contribution in [0.2, 0.25) is 10.0 Å². The first kappa shape index (κ1) is 13.5. The van der Waals surface area contributed by atoms with Gasteiger partial charge in [-0.25, -0.2) is 4.98 Å².